The Morgan fingerprint density at radius 1 is 1.36 bits per heavy atom. The number of nitrogens with zero attached hydrogens (tertiary/aromatic N) is 1. The molecule has 1 fully saturated rings. The number of hydrogen-bond acceptors (Lipinski definition) is 2. The average molecular weight is 188 g/mol. The minimum atomic E-state index is -0.449. The van der Waals surface area contributed by atoms with Crippen LogP contribution in [0.4, 0.5) is 0 Å². The molecule has 0 aliphatic heterocycles. The van der Waals surface area contributed by atoms with E-state index in [0.717, 1.165) is 29.4 Å². The number of fused-ring (bicyclic) bond motifs is 1. The van der Waals surface area contributed by atoms with Gasteiger partial charge >= 0.3 is 0 Å². The Morgan fingerprint density at radius 2 is 2.14 bits per heavy atom. The number of nitrogens with one attached hydrogen (secondary N) is 1. The first-order valence-electron chi connectivity index (χ1n) is 4.91. The van der Waals surface area contributed by atoms with Crippen LogP contribution in [0.1, 0.15) is 18.5 Å². The molecule has 0 amide bonds. The minimum Gasteiger partial charge on any atom is -0.389 e. The summed E-state index contributed by atoms with van der Waals surface area (Å²) >= 11 is 0. The molecule has 0 saturated heterocycles. The zero-order valence-electron chi connectivity index (χ0n) is 7.83. The Bertz CT molecular complexity index is 471. The number of H-pyrrole nitrogens is 1. The van der Waals surface area contributed by atoms with Gasteiger partial charge in [0.15, 0.2) is 0 Å². The first-order valence-corrected chi connectivity index (χ1v) is 4.91. The zero-order valence-corrected chi connectivity index (χ0v) is 7.83. The minimum absolute atomic E-state index is 0.449. The van der Waals surface area contributed by atoms with Gasteiger partial charge in [-0.15, -0.1) is 0 Å². The molecule has 1 saturated carbocycles. The summed E-state index contributed by atoms with van der Waals surface area (Å²) in [5, 5.41) is 18.1. The van der Waals surface area contributed by atoms with E-state index in [9.17, 15) is 5.11 Å². The van der Waals surface area contributed by atoms with Crippen LogP contribution in [-0.2, 0) is 6.42 Å². The lowest BCUT2D eigenvalue weighted by Gasteiger charge is -2.04. The van der Waals surface area contributed by atoms with Crippen LogP contribution >= 0.6 is 0 Å². The van der Waals surface area contributed by atoms with Crippen LogP contribution in [0, 0.1) is 0 Å². The van der Waals surface area contributed by atoms with E-state index in [2.05, 4.69) is 10.2 Å². The molecule has 3 nitrogen and oxygen atoms in total. The molecule has 0 unspecified atom stereocenters. The molecule has 1 aromatic carbocycles. The summed E-state index contributed by atoms with van der Waals surface area (Å²) in [6, 6.07) is 7.99. The molecule has 0 spiro atoms. The Labute approximate surface area is 81.8 Å². The van der Waals surface area contributed by atoms with Crippen molar-refractivity contribution >= 4 is 10.9 Å². The van der Waals surface area contributed by atoms with Crippen molar-refractivity contribution in [3.8, 4) is 0 Å². The molecular formula is C11H12N2O. The third kappa shape index (κ3) is 1.21. The zero-order chi connectivity index (χ0) is 9.60. The van der Waals surface area contributed by atoms with Crippen molar-refractivity contribution < 1.29 is 5.11 Å². The second-order valence-corrected chi connectivity index (χ2v) is 4.12. The van der Waals surface area contributed by atoms with E-state index in [1.54, 1.807) is 0 Å². The summed E-state index contributed by atoms with van der Waals surface area (Å²) in [6.07, 6.45) is 2.54. The number of aromatic amines is 1. The number of aliphatic hydroxyl groups is 1. The van der Waals surface area contributed by atoms with Gasteiger partial charge in [0.2, 0.25) is 0 Å². The second kappa shape index (κ2) is 2.58. The Kier molecular flexibility index (Phi) is 1.47. The van der Waals surface area contributed by atoms with Crippen molar-refractivity contribution in [1.82, 2.24) is 10.2 Å². The van der Waals surface area contributed by atoms with E-state index >= 15 is 0 Å². The maximum absolute atomic E-state index is 9.81. The summed E-state index contributed by atoms with van der Waals surface area (Å²) in [7, 11) is 0. The van der Waals surface area contributed by atoms with Crippen LogP contribution < -0.4 is 0 Å². The van der Waals surface area contributed by atoms with Crippen molar-refractivity contribution in [2.75, 3.05) is 0 Å². The van der Waals surface area contributed by atoms with Gasteiger partial charge in [0.05, 0.1) is 11.1 Å². The Balaban J connectivity index is 2.04. The van der Waals surface area contributed by atoms with Crippen LogP contribution in [-0.4, -0.2) is 20.9 Å². The standard InChI is InChI=1S/C11H12N2O/c14-11(5-6-11)7-10-8-3-1-2-4-9(8)12-13-10/h1-4,14H,5-7H2,(H,12,13). The highest BCUT2D eigenvalue weighted by atomic mass is 16.3. The Hall–Kier alpha value is -1.35. The number of aromatic nitrogens is 2. The largest absolute Gasteiger partial charge is 0.389 e. The van der Waals surface area contributed by atoms with Gasteiger partial charge in [-0.05, 0) is 18.9 Å². The smallest absolute Gasteiger partial charge is 0.0923 e. The third-order valence-corrected chi connectivity index (χ3v) is 2.87. The lowest BCUT2D eigenvalue weighted by atomic mass is 10.1. The van der Waals surface area contributed by atoms with E-state index in [0.29, 0.717) is 6.42 Å². The SMILES string of the molecule is OC1(Cc2[nH]nc3ccccc23)CC1. The summed E-state index contributed by atoms with van der Waals surface area (Å²) < 4.78 is 0. The number of para-hydroxylation sites is 1. The van der Waals surface area contributed by atoms with Crippen LogP contribution in [0.5, 0.6) is 0 Å². The van der Waals surface area contributed by atoms with Crippen molar-refractivity contribution in [2.45, 2.75) is 24.9 Å². The first-order chi connectivity index (χ1) is 6.77. The average Bonchev–Trinajstić information content (AvgIpc) is 2.77. The predicted octanol–water partition coefficient (Wildman–Crippen LogP) is 1.63. The topological polar surface area (TPSA) is 48.9 Å². The highest BCUT2D eigenvalue weighted by molar-refractivity contribution is 5.81. The molecule has 14 heavy (non-hydrogen) atoms. The predicted molar refractivity (Wildman–Crippen MR) is 54.0 cm³/mol. The summed E-state index contributed by atoms with van der Waals surface area (Å²) in [6.45, 7) is 0. The van der Waals surface area contributed by atoms with E-state index in [1.807, 2.05) is 24.3 Å². The Morgan fingerprint density at radius 3 is 2.93 bits per heavy atom. The van der Waals surface area contributed by atoms with Crippen LogP contribution in [0.25, 0.3) is 10.9 Å². The van der Waals surface area contributed by atoms with Gasteiger partial charge in [0.1, 0.15) is 0 Å². The lowest BCUT2D eigenvalue weighted by Crippen LogP contribution is -2.11. The van der Waals surface area contributed by atoms with Crippen molar-refractivity contribution in [3.63, 3.8) is 0 Å². The van der Waals surface area contributed by atoms with Gasteiger partial charge in [-0.25, -0.2) is 0 Å². The summed E-state index contributed by atoms with van der Waals surface area (Å²) in [5.74, 6) is 0. The van der Waals surface area contributed by atoms with Gasteiger partial charge in [-0.3, -0.25) is 5.10 Å². The van der Waals surface area contributed by atoms with E-state index in [-0.39, 0.29) is 0 Å². The molecule has 2 N–H and O–H groups in total. The fourth-order valence-electron chi connectivity index (χ4n) is 1.80. The molecule has 1 aliphatic rings. The molecule has 3 heteroatoms. The molecule has 1 aliphatic carbocycles. The van der Waals surface area contributed by atoms with Gasteiger partial charge in [-0.1, -0.05) is 18.2 Å². The fraction of sp³-hybridized carbons (Fsp3) is 0.364. The molecule has 1 heterocycles. The third-order valence-electron chi connectivity index (χ3n) is 2.87. The van der Waals surface area contributed by atoms with Gasteiger partial charge < -0.3 is 5.11 Å². The van der Waals surface area contributed by atoms with E-state index in [1.165, 1.54) is 0 Å². The normalized spacial score (nSPS) is 18.6. The van der Waals surface area contributed by atoms with Crippen molar-refractivity contribution in [2.24, 2.45) is 0 Å². The van der Waals surface area contributed by atoms with Crippen LogP contribution in [0.15, 0.2) is 24.3 Å². The quantitative estimate of drug-likeness (QED) is 0.752. The van der Waals surface area contributed by atoms with Gasteiger partial charge in [-0.2, -0.15) is 5.10 Å². The lowest BCUT2D eigenvalue weighted by molar-refractivity contribution is 0.150. The summed E-state index contributed by atoms with van der Waals surface area (Å²) in [5.41, 5.74) is 1.59. The maximum atomic E-state index is 9.81. The molecule has 0 radical (unpaired) electrons. The highest BCUT2D eigenvalue weighted by Gasteiger charge is 2.40. The van der Waals surface area contributed by atoms with Crippen molar-refractivity contribution in [3.05, 3.63) is 30.0 Å². The molecule has 2 aromatic rings. The fourth-order valence-corrected chi connectivity index (χ4v) is 1.80. The van der Waals surface area contributed by atoms with Crippen LogP contribution in [0.3, 0.4) is 0 Å². The summed E-state index contributed by atoms with van der Waals surface area (Å²) in [4.78, 5) is 0. The molecule has 0 bridgehead atoms. The maximum Gasteiger partial charge on any atom is 0.0923 e. The molecule has 3 rings (SSSR count). The van der Waals surface area contributed by atoms with E-state index in [4.69, 9.17) is 0 Å². The number of rotatable bonds is 2. The second-order valence-electron chi connectivity index (χ2n) is 4.12. The van der Waals surface area contributed by atoms with Gasteiger partial charge in [0, 0.05) is 17.5 Å². The molecule has 72 valence electrons. The number of hydrogen-bond donors (Lipinski definition) is 2. The van der Waals surface area contributed by atoms with Crippen LogP contribution in [0.2, 0.25) is 0 Å². The first kappa shape index (κ1) is 8.00. The van der Waals surface area contributed by atoms with Crippen molar-refractivity contribution in [1.29, 1.82) is 0 Å². The van der Waals surface area contributed by atoms with E-state index < -0.39 is 5.60 Å². The molecule has 0 atom stereocenters. The van der Waals surface area contributed by atoms with Gasteiger partial charge in [0.25, 0.3) is 0 Å². The molecular weight excluding hydrogens is 176 g/mol. The number of benzene rings is 1. The monoisotopic (exact) mass is 188 g/mol. The highest BCUT2D eigenvalue weighted by Crippen LogP contribution is 2.38. The molecule has 1 aromatic heterocycles.